The van der Waals surface area contributed by atoms with Crippen molar-refractivity contribution in [1.82, 2.24) is 0 Å². The molecule has 3 aliphatic rings. The number of ketones is 2. The number of benzene rings is 2. The van der Waals surface area contributed by atoms with Gasteiger partial charge in [0.2, 0.25) is 0 Å². The molecule has 0 aromatic heterocycles. The molecule has 0 radical (unpaired) electrons. The molecule has 3 nitrogen and oxygen atoms in total. The van der Waals surface area contributed by atoms with E-state index in [-0.39, 0.29) is 29.5 Å². The van der Waals surface area contributed by atoms with E-state index in [4.69, 9.17) is 4.74 Å². The molecule has 0 spiro atoms. The monoisotopic (exact) mass is 360 g/mol. The van der Waals surface area contributed by atoms with Gasteiger partial charge < -0.3 is 4.74 Å². The largest absolute Gasteiger partial charge is 0.370 e. The fraction of sp³-hybridized carbons (Fsp3) is 0.417. The Balaban J connectivity index is 1.58. The predicted octanol–water partition coefficient (Wildman–Crippen LogP) is 4.39. The van der Waals surface area contributed by atoms with Gasteiger partial charge in [0.15, 0.2) is 11.6 Å². The summed E-state index contributed by atoms with van der Waals surface area (Å²) in [4.78, 5) is 26.6. The maximum Gasteiger partial charge on any atom is 0.154 e. The van der Waals surface area contributed by atoms with E-state index in [9.17, 15) is 9.59 Å². The third-order valence-electron chi connectivity index (χ3n) is 6.96. The lowest BCUT2D eigenvalue weighted by Gasteiger charge is -2.27. The van der Waals surface area contributed by atoms with Crippen LogP contribution in [0.4, 0.5) is 0 Å². The first-order chi connectivity index (χ1) is 12.9. The van der Waals surface area contributed by atoms with Crippen molar-refractivity contribution in [3.8, 4) is 11.1 Å². The van der Waals surface area contributed by atoms with Crippen molar-refractivity contribution in [3.63, 3.8) is 0 Å². The second-order valence-electron chi connectivity index (χ2n) is 8.64. The third kappa shape index (κ3) is 2.24. The highest BCUT2D eigenvalue weighted by atomic mass is 16.5. The first kappa shape index (κ1) is 16.9. The summed E-state index contributed by atoms with van der Waals surface area (Å²) in [6, 6.07) is 14.4. The highest BCUT2D eigenvalue weighted by Crippen LogP contribution is 2.58. The number of fused-ring (bicyclic) bond motifs is 5. The van der Waals surface area contributed by atoms with Crippen molar-refractivity contribution >= 4 is 11.6 Å². The van der Waals surface area contributed by atoms with Gasteiger partial charge in [-0.1, -0.05) is 42.5 Å². The van der Waals surface area contributed by atoms with Crippen molar-refractivity contribution in [3.05, 3.63) is 59.2 Å². The van der Waals surface area contributed by atoms with Crippen LogP contribution in [-0.4, -0.2) is 23.3 Å². The predicted molar refractivity (Wildman–Crippen MR) is 104 cm³/mol. The fourth-order valence-electron chi connectivity index (χ4n) is 5.82. The van der Waals surface area contributed by atoms with Crippen LogP contribution in [0.1, 0.15) is 42.4 Å². The minimum absolute atomic E-state index is 0.0642. The van der Waals surface area contributed by atoms with E-state index in [1.54, 1.807) is 0 Å². The molecule has 2 heterocycles. The Bertz CT molecular complexity index is 938. The van der Waals surface area contributed by atoms with Crippen LogP contribution < -0.4 is 0 Å². The van der Waals surface area contributed by atoms with Crippen LogP contribution in [0, 0.1) is 25.7 Å². The zero-order valence-electron chi connectivity index (χ0n) is 16.0. The van der Waals surface area contributed by atoms with E-state index < -0.39 is 11.5 Å². The molecule has 1 saturated carbocycles. The normalized spacial score (nSPS) is 34.3. The first-order valence-corrected chi connectivity index (χ1v) is 9.82. The van der Waals surface area contributed by atoms with Gasteiger partial charge in [-0.3, -0.25) is 9.59 Å². The number of hydrogen-bond acceptors (Lipinski definition) is 3. The molecule has 2 bridgehead atoms. The zero-order chi connectivity index (χ0) is 18.9. The molecule has 1 aliphatic carbocycles. The van der Waals surface area contributed by atoms with E-state index in [2.05, 4.69) is 24.3 Å². The molecule has 1 unspecified atom stereocenters. The zero-order valence-corrected chi connectivity index (χ0v) is 16.0. The topological polar surface area (TPSA) is 43.4 Å². The molecule has 0 amide bonds. The lowest BCUT2D eigenvalue weighted by molar-refractivity contribution is -0.129. The SMILES string of the molecule is Cc1cc(-c2ccccc2)cc(C)c1C1C(=O)[C@H]2[C@@H]3CC[C@@](C)(O3)[C@H]2C1=O. The van der Waals surface area contributed by atoms with Gasteiger partial charge in [0.25, 0.3) is 0 Å². The van der Waals surface area contributed by atoms with Gasteiger partial charge in [-0.05, 0) is 61.4 Å². The van der Waals surface area contributed by atoms with Crippen molar-refractivity contribution in [1.29, 1.82) is 0 Å². The Hall–Kier alpha value is -2.26. The number of aryl methyl sites for hydroxylation is 2. The van der Waals surface area contributed by atoms with Crippen LogP contribution >= 0.6 is 0 Å². The molecule has 2 aromatic carbocycles. The molecular formula is C24H24O3. The Morgan fingerprint density at radius 2 is 1.63 bits per heavy atom. The van der Waals surface area contributed by atoms with Crippen molar-refractivity contribution in [2.45, 2.75) is 51.2 Å². The fourth-order valence-corrected chi connectivity index (χ4v) is 5.82. The summed E-state index contributed by atoms with van der Waals surface area (Å²) in [6.07, 6.45) is 1.72. The summed E-state index contributed by atoms with van der Waals surface area (Å²) in [6.45, 7) is 6.07. The summed E-state index contributed by atoms with van der Waals surface area (Å²) >= 11 is 0. The Morgan fingerprint density at radius 3 is 2.26 bits per heavy atom. The molecule has 2 aliphatic heterocycles. The molecule has 2 saturated heterocycles. The van der Waals surface area contributed by atoms with Crippen molar-refractivity contribution in [2.75, 3.05) is 0 Å². The molecule has 0 N–H and O–H groups in total. The van der Waals surface area contributed by atoms with E-state index >= 15 is 0 Å². The summed E-state index contributed by atoms with van der Waals surface area (Å²) < 4.78 is 6.05. The lowest BCUT2D eigenvalue weighted by Crippen LogP contribution is -2.37. The number of Topliss-reactive ketones (excluding diaryl/α,β-unsaturated/α-hetero) is 2. The molecule has 5 rings (SSSR count). The number of carbonyl (C=O) groups excluding carboxylic acids is 2. The Kier molecular flexibility index (Phi) is 3.51. The van der Waals surface area contributed by atoms with E-state index in [1.807, 2.05) is 39.0 Å². The molecule has 2 aromatic rings. The first-order valence-electron chi connectivity index (χ1n) is 9.82. The third-order valence-corrected chi connectivity index (χ3v) is 6.96. The molecule has 5 atom stereocenters. The van der Waals surface area contributed by atoms with Gasteiger partial charge in [-0.25, -0.2) is 0 Å². The molecular weight excluding hydrogens is 336 g/mol. The maximum absolute atomic E-state index is 13.4. The van der Waals surface area contributed by atoms with E-state index in [1.165, 1.54) is 0 Å². The standard InChI is InChI=1S/C24H24O3/c1-13-11-16(15-7-5-4-6-8-15)12-14(2)18(13)20-22(25)19-17-9-10-24(3,27-17)21(19)23(20)26/h4-8,11-12,17,19-21H,9-10H2,1-3H3/t17-,19-,20?,21+,24+/m0/s1. The summed E-state index contributed by atoms with van der Waals surface area (Å²) in [7, 11) is 0. The van der Waals surface area contributed by atoms with Crippen LogP contribution in [0.5, 0.6) is 0 Å². The van der Waals surface area contributed by atoms with Gasteiger partial charge in [-0.2, -0.15) is 0 Å². The van der Waals surface area contributed by atoms with E-state index in [0.29, 0.717) is 0 Å². The van der Waals surface area contributed by atoms with Crippen LogP contribution in [0.15, 0.2) is 42.5 Å². The van der Waals surface area contributed by atoms with E-state index in [0.717, 1.165) is 40.7 Å². The average molecular weight is 360 g/mol. The van der Waals surface area contributed by atoms with Crippen LogP contribution in [0.2, 0.25) is 0 Å². The summed E-state index contributed by atoms with van der Waals surface area (Å²) in [5, 5.41) is 0. The van der Waals surface area contributed by atoms with Crippen LogP contribution in [0.3, 0.4) is 0 Å². The highest BCUT2D eigenvalue weighted by molar-refractivity contribution is 6.17. The Labute approximate surface area is 159 Å². The highest BCUT2D eigenvalue weighted by Gasteiger charge is 2.67. The van der Waals surface area contributed by atoms with Gasteiger partial charge in [-0.15, -0.1) is 0 Å². The summed E-state index contributed by atoms with van der Waals surface area (Å²) in [5.41, 5.74) is 4.81. The number of hydrogen-bond donors (Lipinski definition) is 0. The summed E-state index contributed by atoms with van der Waals surface area (Å²) in [5.74, 6) is -0.964. The lowest BCUT2D eigenvalue weighted by atomic mass is 9.74. The van der Waals surface area contributed by atoms with Crippen molar-refractivity contribution in [2.24, 2.45) is 11.8 Å². The minimum atomic E-state index is -0.617. The molecule has 3 heteroatoms. The van der Waals surface area contributed by atoms with Crippen LogP contribution in [-0.2, 0) is 14.3 Å². The minimum Gasteiger partial charge on any atom is -0.370 e. The maximum atomic E-state index is 13.4. The van der Waals surface area contributed by atoms with Crippen LogP contribution in [0.25, 0.3) is 11.1 Å². The Morgan fingerprint density at radius 1 is 0.963 bits per heavy atom. The average Bonchev–Trinajstić information content (AvgIpc) is 3.25. The molecule has 138 valence electrons. The smallest absolute Gasteiger partial charge is 0.154 e. The van der Waals surface area contributed by atoms with Crippen molar-refractivity contribution < 1.29 is 14.3 Å². The molecule has 27 heavy (non-hydrogen) atoms. The number of ether oxygens (including phenoxy) is 1. The number of carbonyl (C=O) groups is 2. The van der Waals surface area contributed by atoms with Gasteiger partial charge in [0.1, 0.15) is 5.92 Å². The number of rotatable bonds is 2. The van der Waals surface area contributed by atoms with Gasteiger partial charge in [0.05, 0.1) is 23.5 Å². The second-order valence-corrected chi connectivity index (χ2v) is 8.64. The van der Waals surface area contributed by atoms with Gasteiger partial charge in [0, 0.05) is 0 Å². The molecule has 3 fully saturated rings. The quantitative estimate of drug-likeness (QED) is 0.746. The second kappa shape index (κ2) is 5.62. The van der Waals surface area contributed by atoms with Gasteiger partial charge >= 0.3 is 0 Å².